The van der Waals surface area contributed by atoms with E-state index in [-0.39, 0.29) is 18.9 Å². The van der Waals surface area contributed by atoms with Crippen LogP contribution in [0.1, 0.15) is 57.5 Å². The summed E-state index contributed by atoms with van der Waals surface area (Å²) in [6.45, 7) is 4.94. The Bertz CT molecular complexity index is 1630. The Balaban J connectivity index is 1.49. The van der Waals surface area contributed by atoms with E-state index in [1.54, 1.807) is 26.2 Å². The van der Waals surface area contributed by atoms with E-state index in [2.05, 4.69) is 20.6 Å². The standard InChI is InChI=1S/C26H30N6O4S/c1-15(33)31-26(37(35,36)18-8-9-18)12-19(29-14-26)24-30-22(16-4-6-17(7-5-16)25(2,3)34)21-13-28-23-20(32(21)24)10-11-27-23/h4-7,10-11,13,18-19,27,29,34H,8-9,12,14H2,1-3H3,(H,31,33)/t19-,26-/m1/s1. The zero-order valence-corrected chi connectivity index (χ0v) is 21.8. The number of fused-ring (bicyclic) bond motifs is 3. The molecule has 1 saturated heterocycles. The van der Waals surface area contributed by atoms with Crippen LogP contribution in [-0.2, 0) is 20.2 Å². The summed E-state index contributed by atoms with van der Waals surface area (Å²) in [4.78, 5) is 23.5. The minimum Gasteiger partial charge on any atom is -0.386 e. The monoisotopic (exact) mass is 522 g/mol. The lowest BCUT2D eigenvalue weighted by atomic mass is 9.97. The summed E-state index contributed by atoms with van der Waals surface area (Å²) < 4.78 is 29.0. The highest BCUT2D eigenvalue weighted by Gasteiger charge is 2.56. The zero-order chi connectivity index (χ0) is 26.2. The van der Waals surface area contributed by atoms with Gasteiger partial charge in [-0.2, -0.15) is 0 Å². The normalized spacial score (nSPS) is 22.6. The van der Waals surface area contributed by atoms with Gasteiger partial charge in [0.25, 0.3) is 0 Å². The van der Waals surface area contributed by atoms with Crippen molar-refractivity contribution in [1.82, 2.24) is 30.0 Å². The van der Waals surface area contributed by atoms with E-state index < -0.39 is 31.6 Å². The number of aliphatic hydroxyl groups is 1. The predicted molar refractivity (Wildman–Crippen MR) is 139 cm³/mol. The number of rotatable bonds is 6. The van der Waals surface area contributed by atoms with Crippen LogP contribution in [-0.4, -0.2) is 55.4 Å². The molecule has 1 aliphatic heterocycles. The number of hydrogen-bond donors (Lipinski definition) is 4. The van der Waals surface area contributed by atoms with Gasteiger partial charge in [-0.25, -0.2) is 18.4 Å². The van der Waals surface area contributed by atoms with Crippen LogP contribution in [0, 0.1) is 0 Å². The van der Waals surface area contributed by atoms with E-state index in [1.807, 2.05) is 34.7 Å². The van der Waals surface area contributed by atoms with Crippen molar-refractivity contribution in [2.24, 2.45) is 0 Å². The summed E-state index contributed by atoms with van der Waals surface area (Å²) in [6, 6.07) is 9.08. The lowest BCUT2D eigenvalue weighted by molar-refractivity contribution is -0.119. The molecule has 0 radical (unpaired) electrons. The van der Waals surface area contributed by atoms with Crippen molar-refractivity contribution in [3.05, 3.63) is 54.1 Å². The van der Waals surface area contributed by atoms with E-state index in [0.29, 0.717) is 30.0 Å². The van der Waals surface area contributed by atoms with Gasteiger partial charge in [-0.3, -0.25) is 9.20 Å². The third-order valence-corrected chi connectivity index (χ3v) is 10.3. The molecule has 4 heterocycles. The first-order valence-electron chi connectivity index (χ1n) is 12.4. The molecule has 4 N–H and O–H groups in total. The van der Waals surface area contributed by atoms with Crippen molar-refractivity contribution < 1.29 is 18.3 Å². The van der Waals surface area contributed by atoms with Crippen LogP contribution >= 0.6 is 0 Å². The third kappa shape index (κ3) is 3.84. The Morgan fingerprint density at radius 2 is 1.92 bits per heavy atom. The van der Waals surface area contributed by atoms with Crippen molar-refractivity contribution in [2.75, 3.05) is 6.54 Å². The maximum atomic E-state index is 13.5. The van der Waals surface area contributed by atoms with Crippen molar-refractivity contribution in [3.8, 4) is 11.3 Å². The second-order valence-electron chi connectivity index (χ2n) is 10.7. The molecule has 1 aliphatic carbocycles. The van der Waals surface area contributed by atoms with Crippen molar-refractivity contribution in [3.63, 3.8) is 0 Å². The molecule has 6 rings (SSSR count). The second kappa shape index (κ2) is 8.11. The molecule has 1 saturated carbocycles. The highest BCUT2D eigenvalue weighted by Crippen LogP contribution is 2.43. The number of benzene rings is 1. The average molecular weight is 523 g/mol. The molecular weight excluding hydrogens is 492 g/mol. The number of nitrogens with one attached hydrogen (secondary N) is 3. The zero-order valence-electron chi connectivity index (χ0n) is 20.9. The molecule has 0 bridgehead atoms. The van der Waals surface area contributed by atoms with Gasteiger partial charge in [0.2, 0.25) is 5.91 Å². The SMILES string of the molecule is CC(=O)N[C@]1(S(=O)(=O)C2CC2)CN[C@@H](c2nc(-c3ccc(C(C)(C)O)cc3)c3cnc4[nH]ccc4n23)C1. The molecule has 11 heteroatoms. The Morgan fingerprint density at radius 3 is 2.57 bits per heavy atom. The molecule has 0 unspecified atom stereocenters. The van der Waals surface area contributed by atoms with Gasteiger partial charge < -0.3 is 20.7 Å². The first-order valence-corrected chi connectivity index (χ1v) is 14.0. The molecule has 10 nitrogen and oxygen atoms in total. The number of carbonyl (C=O) groups excluding carboxylic acids is 1. The quantitative estimate of drug-likeness (QED) is 0.305. The molecule has 1 aromatic carbocycles. The lowest BCUT2D eigenvalue weighted by Crippen LogP contribution is -2.56. The Hall–Kier alpha value is -3.28. The van der Waals surface area contributed by atoms with Crippen LogP contribution in [0.25, 0.3) is 27.9 Å². The molecule has 2 aliphatic rings. The molecule has 4 aromatic rings. The van der Waals surface area contributed by atoms with E-state index in [0.717, 1.165) is 22.2 Å². The number of amides is 1. The molecule has 1 amide bonds. The third-order valence-electron chi connectivity index (χ3n) is 7.46. The maximum absolute atomic E-state index is 13.5. The largest absolute Gasteiger partial charge is 0.386 e. The molecule has 37 heavy (non-hydrogen) atoms. The fourth-order valence-electron chi connectivity index (χ4n) is 5.41. The summed E-state index contributed by atoms with van der Waals surface area (Å²) in [6.07, 6.45) is 4.99. The van der Waals surface area contributed by atoms with Gasteiger partial charge in [0.1, 0.15) is 5.82 Å². The van der Waals surface area contributed by atoms with Crippen molar-refractivity contribution in [1.29, 1.82) is 0 Å². The smallest absolute Gasteiger partial charge is 0.218 e. The minimum atomic E-state index is -3.59. The van der Waals surface area contributed by atoms with Crippen LogP contribution in [0.3, 0.4) is 0 Å². The second-order valence-corrected chi connectivity index (χ2v) is 13.2. The Morgan fingerprint density at radius 1 is 1.19 bits per heavy atom. The summed E-state index contributed by atoms with van der Waals surface area (Å²) in [5.41, 5.74) is 3.67. The number of aromatic nitrogens is 4. The van der Waals surface area contributed by atoms with Crippen LogP contribution in [0.4, 0.5) is 0 Å². The first-order chi connectivity index (χ1) is 17.5. The maximum Gasteiger partial charge on any atom is 0.218 e. The highest BCUT2D eigenvalue weighted by atomic mass is 32.2. The number of sulfone groups is 1. The Kier molecular flexibility index (Phi) is 5.28. The van der Waals surface area contributed by atoms with E-state index in [1.165, 1.54) is 6.92 Å². The molecule has 2 fully saturated rings. The number of carbonyl (C=O) groups is 1. The molecular formula is C26H30N6O4S. The van der Waals surface area contributed by atoms with Crippen molar-refractivity contribution >= 4 is 32.4 Å². The minimum absolute atomic E-state index is 0.113. The van der Waals surface area contributed by atoms with E-state index in [9.17, 15) is 18.3 Å². The van der Waals surface area contributed by atoms with Gasteiger partial charge in [0, 0.05) is 31.6 Å². The molecule has 194 valence electrons. The van der Waals surface area contributed by atoms with Gasteiger partial charge in [0.05, 0.1) is 39.8 Å². The van der Waals surface area contributed by atoms with E-state index in [4.69, 9.17) is 4.98 Å². The number of aromatic amines is 1. The summed E-state index contributed by atoms with van der Waals surface area (Å²) >= 11 is 0. The first kappa shape index (κ1) is 24.1. The van der Waals surface area contributed by atoms with Gasteiger partial charge in [-0.15, -0.1) is 0 Å². The topological polar surface area (TPSA) is 141 Å². The van der Waals surface area contributed by atoms with Gasteiger partial charge >= 0.3 is 0 Å². The lowest BCUT2D eigenvalue weighted by Gasteiger charge is -2.29. The number of H-pyrrole nitrogens is 1. The molecule has 3 aromatic heterocycles. The Labute approximate surface area is 214 Å². The number of nitrogens with zero attached hydrogens (tertiary/aromatic N) is 3. The van der Waals surface area contributed by atoms with Gasteiger partial charge in [0.15, 0.2) is 20.4 Å². The summed E-state index contributed by atoms with van der Waals surface area (Å²) in [7, 11) is -3.59. The van der Waals surface area contributed by atoms with Crippen LogP contribution in [0.2, 0.25) is 0 Å². The van der Waals surface area contributed by atoms with Crippen LogP contribution in [0.15, 0.2) is 42.7 Å². The van der Waals surface area contributed by atoms with Gasteiger partial charge in [-0.05, 0) is 38.3 Å². The summed E-state index contributed by atoms with van der Waals surface area (Å²) in [5, 5.41) is 16.1. The highest BCUT2D eigenvalue weighted by molar-refractivity contribution is 7.93. The predicted octanol–water partition coefficient (Wildman–Crippen LogP) is 2.55. The van der Waals surface area contributed by atoms with Crippen LogP contribution < -0.4 is 10.6 Å². The van der Waals surface area contributed by atoms with Crippen molar-refractivity contribution in [2.45, 2.75) is 61.8 Å². The fraction of sp³-hybridized carbons (Fsp3) is 0.423. The number of hydrogen-bond acceptors (Lipinski definition) is 7. The average Bonchev–Trinajstić information content (AvgIpc) is 3.27. The summed E-state index contributed by atoms with van der Waals surface area (Å²) in [5.74, 6) is 0.284. The molecule has 0 spiro atoms. The van der Waals surface area contributed by atoms with Gasteiger partial charge in [-0.1, -0.05) is 24.3 Å². The fourth-order valence-corrected chi connectivity index (χ4v) is 7.78. The number of imidazole rings is 1. The van der Waals surface area contributed by atoms with E-state index >= 15 is 0 Å². The molecule has 2 atom stereocenters. The van der Waals surface area contributed by atoms with Crippen LogP contribution in [0.5, 0.6) is 0 Å².